The van der Waals surface area contributed by atoms with Gasteiger partial charge in [-0.05, 0) is 48.0 Å². The Kier molecular flexibility index (Phi) is 4.35. The lowest BCUT2D eigenvalue weighted by molar-refractivity contribution is -0.188. The van der Waals surface area contributed by atoms with Crippen molar-refractivity contribution in [3.63, 3.8) is 0 Å². The average molecular weight is 272 g/mol. The van der Waals surface area contributed by atoms with E-state index in [1.54, 1.807) is 6.92 Å². The number of nitrogens with zero attached hydrogens (tertiary/aromatic N) is 1. The van der Waals surface area contributed by atoms with Crippen LogP contribution < -0.4 is 5.73 Å². The molecule has 0 bridgehead atoms. The van der Waals surface area contributed by atoms with E-state index in [0.29, 0.717) is 6.42 Å². The quantitative estimate of drug-likeness (QED) is 0.810. The Morgan fingerprint density at radius 2 is 1.79 bits per heavy atom. The second-order valence-corrected chi connectivity index (χ2v) is 7.30. The zero-order valence-corrected chi connectivity index (χ0v) is 13.0. The van der Waals surface area contributed by atoms with Crippen LogP contribution in [0, 0.1) is 0 Å². The maximum atomic E-state index is 11.1. The van der Waals surface area contributed by atoms with Crippen LogP contribution in [0.25, 0.3) is 0 Å². The van der Waals surface area contributed by atoms with E-state index in [1.165, 1.54) is 0 Å². The number of nitrogens with two attached hydrogens (primary N) is 1. The average Bonchev–Trinajstić information content (AvgIpc) is 2.11. The smallest absolute Gasteiger partial charge is 0.323 e. The van der Waals surface area contributed by atoms with Crippen LogP contribution in [0.2, 0.25) is 0 Å². The molecule has 2 atom stereocenters. The van der Waals surface area contributed by atoms with Crippen LogP contribution in [0.1, 0.15) is 48.0 Å². The van der Waals surface area contributed by atoms with Gasteiger partial charge in [0.25, 0.3) is 0 Å². The first-order chi connectivity index (χ1) is 8.35. The van der Waals surface area contributed by atoms with Crippen molar-refractivity contribution in [2.24, 2.45) is 5.73 Å². The molecule has 0 aromatic carbocycles. The molecule has 1 saturated heterocycles. The van der Waals surface area contributed by atoms with E-state index in [9.17, 15) is 4.79 Å². The molecule has 5 heteroatoms. The molecule has 1 aliphatic heterocycles. The van der Waals surface area contributed by atoms with Crippen molar-refractivity contribution in [3.8, 4) is 0 Å². The Hall–Kier alpha value is -0.650. The summed E-state index contributed by atoms with van der Waals surface area (Å²) in [6.07, 6.45) is 0.425. The molecule has 3 N–H and O–H groups in total. The van der Waals surface area contributed by atoms with E-state index < -0.39 is 11.5 Å². The van der Waals surface area contributed by atoms with Gasteiger partial charge in [0.2, 0.25) is 0 Å². The molecule has 1 rings (SSSR count). The summed E-state index contributed by atoms with van der Waals surface area (Å²) in [4.78, 5) is 13.4. The summed E-state index contributed by atoms with van der Waals surface area (Å²) in [6.45, 7) is 13.4. The number of hydrogen-bond acceptors (Lipinski definition) is 4. The molecule has 0 spiro atoms. The summed E-state index contributed by atoms with van der Waals surface area (Å²) in [7, 11) is 0. The van der Waals surface area contributed by atoms with E-state index in [-0.39, 0.29) is 17.2 Å². The monoisotopic (exact) mass is 272 g/mol. The maximum Gasteiger partial charge on any atom is 0.323 e. The molecule has 0 aliphatic carbocycles. The zero-order valence-electron chi connectivity index (χ0n) is 13.0. The van der Waals surface area contributed by atoms with Crippen LogP contribution in [0.3, 0.4) is 0 Å². The Morgan fingerprint density at radius 1 is 1.37 bits per heavy atom. The minimum Gasteiger partial charge on any atom is -0.480 e. The molecule has 0 amide bonds. The van der Waals surface area contributed by atoms with Gasteiger partial charge in [0.15, 0.2) is 0 Å². The molecule has 0 radical (unpaired) electrons. The van der Waals surface area contributed by atoms with Crippen LogP contribution in [0.4, 0.5) is 0 Å². The van der Waals surface area contributed by atoms with Crippen molar-refractivity contribution >= 4 is 5.97 Å². The first-order valence-corrected chi connectivity index (χ1v) is 6.81. The highest BCUT2D eigenvalue weighted by molar-refractivity contribution is 5.77. The predicted octanol–water partition coefficient (Wildman–Crippen LogP) is 1.46. The van der Waals surface area contributed by atoms with Gasteiger partial charge in [0.05, 0.1) is 11.2 Å². The molecule has 0 saturated carbocycles. The largest absolute Gasteiger partial charge is 0.480 e. The van der Waals surface area contributed by atoms with Crippen molar-refractivity contribution in [3.05, 3.63) is 0 Å². The molecule has 5 nitrogen and oxygen atoms in total. The summed E-state index contributed by atoms with van der Waals surface area (Å²) in [5, 5.41) is 9.13. The van der Waals surface area contributed by atoms with Gasteiger partial charge in [-0.15, -0.1) is 0 Å². The molecule has 0 aromatic heterocycles. The number of morpholine rings is 1. The number of carboxylic acid groups (broad SMARTS) is 1. The van der Waals surface area contributed by atoms with E-state index in [0.717, 1.165) is 13.1 Å². The van der Waals surface area contributed by atoms with Crippen LogP contribution in [0.15, 0.2) is 0 Å². The minimum atomic E-state index is -1.19. The van der Waals surface area contributed by atoms with Crippen LogP contribution in [0.5, 0.6) is 0 Å². The molecule has 1 fully saturated rings. The third-order valence-corrected chi connectivity index (χ3v) is 3.55. The van der Waals surface area contributed by atoms with Gasteiger partial charge in [-0.3, -0.25) is 9.69 Å². The molecule has 1 heterocycles. The molecule has 0 aromatic rings. The van der Waals surface area contributed by atoms with Gasteiger partial charge < -0.3 is 15.6 Å². The van der Waals surface area contributed by atoms with E-state index in [2.05, 4.69) is 32.6 Å². The molecule has 112 valence electrons. The number of rotatable bonds is 4. The molecule has 2 unspecified atom stereocenters. The summed E-state index contributed by atoms with van der Waals surface area (Å²) in [5.74, 6) is -0.953. The topological polar surface area (TPSA) is 75.8 Å². The maximum absolute atomic E-state index is 11.1. The lowest BCUT2D eigenvalue weighted by atomic mass is 9.91. The Morgan fingerprint density at radius 3 is 2.16 bits per heavy atom. The van der Waals surface area contributed by atoms with E-state index in [1.807, 2.05) is 6.92 Å². The second kappa shape index (κ2) is 5.04. The molecule has 1 aliphatic rings. The minimum absolute atomic E-state index is 0.105. The standard InChI is InChI=1S/C14H28N2O3/c1-10(7-14(6,15)11(17)18)16-8-12(2,3)19-13(4,5)9-16/h10H,7-9,15H2,1-6H3,(H,17,18). The van der Waals surface area contributed by atoms with Crippen LogP contribution >= 0.6 is 0 Å². The predicted molar refractivity (Wildman–Crippen MR) is 75.1 cm³/mol. The normalized spacial score (nSPS) is 27.5. The number of aliphatic carboxylic acids is 1. The van der Waals surface area contributed by atoms with Crippen molar-refractivity contribution in [2.75, 3.05) is 13.1 Å². The highest BCUT2D eigenvalue weighted by Crippen LogP contribution is 2.30. The van der Waals surface area contributed by atoms with Gasteiger partial charge in [-0.1, -0.05) is 0 Å². The van der Waals surface area contributed by atoms with Gasteiger partial charge in [0.1, 0.15) is 5.54 Å². The SMILES string of the molecule is CC(CC(C)(N)C(=O)O)N1CC(C)(C)OC(C)(C)C1. The first kappa shape index (κ1) is 16.4. The van der Waals surface area contributed by atoms with Crippen LogP contribution in [-0.2, 0) is 9.53 Å². The molecular formula is C14H28N2O3. The number of hydrogen-bond donors (Lipinski definition) is 2. The lowest BCUT2D eigenvalue weighted by Gasteiger charge is -2.49. The Balaban J connectivity index is 2.77. The van der Waals surface area contributed by atoms with E-state index in [4.69, 9.17) is 15.6 Å². The lowest BCUT2D eigenvalue weighted by Crippen LogP contribution is -2.61. The highest BCUT2D eigenvalue weighted by atomic mass is 16.5. The van der Waals surface area contributed by atoms with Crippen molar-refractivity contribution < 1.29 is 14.6 Å². The Labute approximate surface area is 116 Å². The fourth-order valence-electron chi connectivity index (χ4n) is 2.99. The van der Waals surface area contributed by atoms with E-state index >= 15 is 0 Å². The third-order valence-electron chi connectivity index (χ3n) is 3.55. The van der Waals surface area contributed by atoms with Crippen molar-refractivity contribution in [2.45, 2.75) is 70.7 Å². The molecular weight excluding hydrogens is 244 g/mol. The fraction of sp³-hybridized carbons (Fsp3) is 0.929. The molecule has 19 heavy (non-hydrogen) atoms. The summed E-state index contributed by atoms with van der Waals surface area (Å²) in [6, 6.07) is 0.105. The fourth-order valence-corrected chi connectivity index (χ4v) is 2.99. The number of carboxylic acids is 1. The van der Waals surface area contributed by atoms with Gasteiger partial charge in [0, 0.05) is 19.1 Å². The van der Waals surface area contributed by atoms with Crippen molar-refractivity contribution in [1.82, 2.24) is 4.90 Å². The van der Waals surface area contributed by atoms with Crippen molar-refractivity contribution in [1.29, 1.82) is 0 Å². The Bertz CT molecular complexity index is 335. The van der Waals surface area contributed by atoms with Crippen LogP contribution in [-0.4, -0.2) is 51.8 Å². The zero-order chi connectivity index (χ0) is 15.1. The third kappa shape index (κ3) is 4.44. The van der Waals surface area contributed by atoms with Gasteiger partial charge >= 0.3 is 5.97 Å². The van der Waals surface area contributed by atoms with Gasteiger partial charge in [-0.2, -0.15) is 0 Å². The van der Waals surface area contributed by atoms with Gasteiger partial charge in [-0.25, -0.2) is 0 Å². The summed E-state index contributed by atoms with van der Waals surface area (Å²) < 4.78 is 6.03. The second-order valence-electron chi connectivity index (χ2n) is 7.30. The number of ether oxygens (including phenoxy) is 1. The number of carbonyl (C=O) groups is 1. The first-order valence-electron chi connectivity index (χ1n) is 6.81. The highest BCUT2D eigenvalue weighted by Gasteiger charge is 2.41. The summed E-state index contributed by atoms with van der Waals surface area (Å²) >= 11 is 0. The summed E-state index contributed by atoms with van der Waals surface area (Å²) in [5.41, 5.74) is 4.19.